The van der Waals surface area contributed by atoms with E-state index >= 15 is 0 Å². The standard InChI is InChI=1S/C22H26ClN3O/c1-14(2)11-22(4,24)13-27-21-12-26-20(9-15(21)3)17-7-8-25-19-6-5-16(23)10-18(17)19/h5-10,12,14H,11,13,24H2,1-4H3. The maximum atomic E-state index is 6.35. The number of nitrogens with two attached hydrogens (primary N) is 1. The summed E-state index contributed by atoms with van der Waals surface area (Å²) in [5, 5.41) is 1.66. The number of hydrogen-bond donors (Lipinski definition) is 1. The summed E-state index contributed by atoms with van der Waals surface area (Å²) >= 11 is 6.17. The molecule has 0 saturated heterocycles. The van der Waals surface area contributed by atoms with Gasteiger partial charge in [0, 0.05) is 27.7 Å². The van der Waals surface area contributed by atoms with Gasteiger partial charge in [-0.05, 0) is 62.1 Å². The van der Waals surface area contributed by atoms with Gasteiger partial charge in [0.1, 0.15) is 12.4 Å². The number of fused-ring (bicyclic) bond motifs is 1. The molecule has 4 nitrogen and oxygen atoms in total. The summed E-state index contributed by atoms with van der Waals surface area (Å²) in [5.41, 5.74) is 9.77. The lowest BCUT2D eigenvalue weighted by atomic mass is 9.93. The third-order valence-electron chi connectivity index (χ3n) is 4.47. The minimum Gasteiger partial charge on any atom is -0.490 e. The number of aryl methyl sites for hydroxylation is 1. The van der Waals surface area contributed by atoms with E-state index in [0.29, 0.717) is 17.5 Å². The fraction of sp³-hybridized carbons (Fsp3) is 0.364. The van der Waals surface area contributed by atoms with Crippen molar-refractivity contribution in [2.75, 3.05) is 6.61 Å². The third kappa shape index (κ3) is 4.76. The smallest absolute Gasteiger partial charge is 0.140 e. The van der Waals surface area contributed by atoms with Gasteiger partial charge in [0.25, 0.3) is 0 Å². The molecule has 1 unspecified atom stereocenters. The molecule has 2 heterocycles. The Balaban J connectivity index is 1.87. The van der Waals surface area contributed by atoms with Crippen LogP contribution in [0.3, 0.4) is 0 Å². The lowest BCUT2D eigenvalue weighted by Gasteiger charge is -2.27. The highest BCUT2D eigenvalue weighted by Crippen LogP contribution is 2.30. The van der Waals surface area contributed by atoms with Crippen LogP contribution in [0.25, 0.3) is 22.2 Å². The van der Waals surface area contributed by atoms with Crippen molar-refractivity contribution in [1.82, 2.24) is 9.97 Å². The fourth-order valence-corrected chi connectivity index (χ4v) is 3.59. The summed E-state index contributed by atoms with van der Waals surface area (Å²) in [5.74, 6) is 1.28. The van der Waals surface area contributed by atoms with Crippen LogP contribution in [-0.2, 0) is 0 Å². The van der Waals surface area contributed by atoms with Crippen molar-refractivity contribution in [2.24, 2.45) is 11.7 Å². The van der Waals surface area contributed by atoms with Gasteiger partial charge in [-0.2, -0.15) is 0 Å². The molecule has 3 aromatic rings. The minimum atomic E-state index is -0.364. The number of aromatic nitrogens is 2. The highest BCUT2D eigenvalue weighted by Gasteiger charge is 2.21. The van der Waals surface area contributed by atoms with Crippen molar-refractivity contribution in [3.63, 3.8) is 0 Å². The fourth-order valence-electron chi connectivity index (χ4n) is 3.42. The quantitative estimate of drug-likeness (QED) is 0.618. The maximum absolute atomic E-state index is 6.35. The Morgan fingerprint density at radius 1 is 1.19 bits per heavy atom. The van der Waals surface area contributed by atoms with Gasteiger partial charge < -0.3 is 10.5 Å². The largest absolute Gasteiger partial charge is 0.490 e. The molecule has 0 radical (unpaired) electrons. The lowest BCUT2D eigenvalue weighted by molar-refractivity contribution is 0.205. The van der Waals surface area contributed by atoms with Crippen LogP contribution in [0.5, 0.6) is 5.75 Å². The average Bonchev–Trinajstić information content (AvgIpc) is 2.59. The summed E-state index contributed by atoms with van der Waals surface area (Å²) in [7, 11) is 0. The topological polar surface area (TPSA) is 61.0 Å². The lowest BCUT2D eigenvalue weighted by Crippen LogP contribution is -2.43. The molecule has 0 spiro atoms. The first-order valence-corrected chi connectivity index (χ1v) is 9.56. The molecule has 0 amide bonds. The van der Waals surface area contributed by atoms with Gasteiger partial charge in [-0.25, -0.2) is 0 Å². The van der Waals surface area contributed by atoms with E-state index in [9.17, 15) is 0 Å². The predicted molar refractivity (Wildman–Crippen MR) is 112 cm³/mol. The van der Waals surface area contributed by atoms with Crippen LogP contribution in [0.4, 0.5) is 0 Å². The average molecular weight is 384 g/mol. The van der Waals surface area contributed by atoms with Crippen LogP contribution in [0, 0.1) is 12.8 Å². The molecule has 27 heavy (non-hydrogen) atoms. The van der Waals surface area contributed by atoms with Crippen molar-refractivity contribution >= 4 is 22.5 Å². The summed E-state index contributed by atoms with van der Waals surface area (Å²) < 4.78 is 5.98. The molecule has 0 fully saturated rings. The second-order valence-corrected chi connectivity index (χ2v) is 8.33. The van der Waals surface area contributed by atoms with Crippen molar-refractivity contribution in [3.8, 4) is 17.0 Å². The second kappa shape index (κ2) is 7.83. The zero-order chi connectivity index (χ0) is 19.6. The first-order valence-electron chi connectivity index (χ1n) is 9.18. The molecular weight excluding hydrogens is 358 g/mol. The number of benzene rings is 1. The van der Waals surface area contributed by atoms with Crippen LogP contribution >= 0.6 is 11.6 Å². The molecule has 2 aromatic heterocycles. The molecular formula is C22H26ClN3O. The molecule has 2 N–H and O–H groups in total. The predicted octanol–water partition coefficient (Wildman–Crippen LogP) is 5.40. The van der Waals surface area contributed by atoms with Crippen molar-refractivity contribution in [1.29, 1.82) is 0 Å². The van der Waals surface area contributed by atoms with Crippen molar-refractivity contribution < 1.29 is 4.74 Å². The molecule has 0 aliphatic carbocycles. The minimum absolute atomic E-state index is 0.364. The first kappa shape index (κ1) is 19.6. The van der Waals surface area contributed by atoms with E-state index in [0.717, 1.165) is 39.9 Å². The van der Waals surface area contributed by atoms with Crippen molar-refractivity contribution in [2.45, 2.75) is 39.7 Å². The van der Waals surface area contributed by atoms with Crippen molar-refractivity contribution in [3.05, 3.63) is 53.3 Å². The van der Waals surface area contributed by atoms with E-state index in [2.05, 4.69) is 23.8 Å². The van der Waals surface area contributed by atoms with E-state index in [1.54, 1.807) is 12.4 Å². The monoisotopic (exact) mass is 383 g/mol. The Labute approximate surface area is 165 Å². The van der Waals surface area contributed by atoms with Crippen LogP contribution in [0.1, 0.15) is 32.8 Å². The van der Waals surface area contributed by atoms with Gasteiger partial charge in [-0.15, -0.1) is 0 Å². The Hall–Kier alpha value is -2.17. The van der Waals surface area contributed by atoms with Gasteiger partial charge >= 0.3 is 0 Å². The SMILES string of the molecule is Cc1cc(-c2ccnc3ccc(Cl)cc23)ncc1OCC(C)(N)CC(C)C. The Morgan fingerprint density at radius 3 is 2.67 bits per heavy atom. The molecule has 0 saturated carbocycles. The van der Waals surface area contributed by atoms with E-state index in [-0.39, 0.29) is 5.54 Å². The van der Waals surface area contributed by atoms with Gasteiger partial charge in [-0.3, -0.25) is 9.97 Å². The van der Waals surface area contributed by atoms with Crippen LogP contribution in [-0.4, -0.2) is 22.1 Å². The summed E-state index contributed by atoms with van der Waals surface area (Å²) in [6.07, 6.45) is 4.47. The number of pyridine rings is 2. The van der Waals surface area contributed by atoms with Crippen LogP contribution in [0.2, 0.25) is 5.02 Å². The number of nitrogens with zero attached hydrogens (tertiary/aromatic N) is 2. The number of hydrogen-bond acceptors (Lipinski definition) is 4. The molecule has 0 aliphatic heterocycles. The third-order valence-corrected chi connectivity index (χ3v) is 4.71. The van der Waals surface area contributed by atoms with E-state index in [4.69, 9.17) is 22.1 Å². The van der Waals surface area contributed by atoms with Gasteiger partial charge in [0.05, 0.1) is 17.4 Å². The van der Waals surface area contributed by atoms with Crippen LogP contribution < -0.4 is 10.5 Å². The molecule has 5 heteroatoms. The van der Waals surface area contributed by atoms with Gasteiger partial charge in [0.15, 0.2) is 0 Å². The highest BCUT2D eigenvalue weighted by atomic mass is 35.5. The highest BCUT2D eigenvalue weighted by molar-refractivity contribution is 6.31. The van der Waals surface area contributed by atoms with E-state index < -0.39 is 0 Å². The normalized spacial score (nSPS) is 13.7. The Morgan fingerprint density at radius 2 is 1.96 bits per heavy atom. The summed E-state index contributed by atoms with van der Waals surface area (Å²) in [6, 6.07) is 9.67. The van der Waals surface area contributed by atoms with E-state index in [1.807, 2.05) is 44.2 Å². The molecule has 3 rings (SSSR count). The zero-order valence-electron chi connectivity index (χ0n) is 16.3. The van der Waals surface area contributed by atoms with Gasteiger partial charge in [0.2, 0.25) is 0 Å². The van der Waals surface area contributed by atoms with Crippen LogP contribution in [0.15, 0.2) is 42.7 Å². The van der Waals surface area contributed by atoms with E-state index in [1.165, 1.54) is 0 Å². The zero-order valence-corrected chi connectivity index (χ0v) is 17.0. The Bertz CT molecular complexity index is 953. The number of rotatable bonds is 6. The first-order chi connectivity index (χ1) is 12.7. The number of ether oxygens (including phenoxy) is 1. The number of halogens is 1. The molecule has 1 aromatic carbocycles. The molecule has 1 atom stereocenters. The van der Waals surface area contributed by atoms with Gasteiger partial charge in [-0.1, -0.05) is 25.4 Å². The molecule has 142 valence electrons. The molecule has 0 bridgehead atoms. The Kier molecular flexibility index (Phi) is 5.68. The summed E-state index contributed by atoms with van der Waals surface area (Å²) in [6.45, 7) is 8.83. The summed E-state index contributed by atoms with van der Waals surface area (Å²) in [4.78, 5) is 9.02. The second-order valence-electron chi connectivity index (χ2n) is 7.90. The maximum Gasteiger partial charge on any atom is 0.140 e. The molecule has 0 aliphatic rings.